The molecule has 80 valence electrons. The van der Waals surface area contributed by atoms with Crippen LogP contribution in [0, 0.1) is 0 Å². The van der Waals surface area contributed by atoms with E-state index in [0.717, 1.165) is 0 Å². The number of nitrogens with zero attached hydrogens (tertiary/aromatic N) is 1. The standard InChI is InChI=1S/C10H17NO3/c1-5-6-9(12)11(8(2)3)7-10(13)14-4/h5,8H,1,6-7H2,2-4H3. The van der Waals surface area contributed by atoms with E-state index in [-0.39, 0.29) is 24.9 Å². The van der Waals surface area contributed by atoms with Crippen molar-refractivity contribution in [3.63, 3.8) is 0 Å². The van der Waals surface area contributed by atoms with E-state index < -0.39 is 5.97 Å². The van der Waals surface area contributed by atoms with E-state index in [9.17, 15) is 9.59 Å². The molecular formula is C10H17NO3. The second-order valence-electron chi connectivity index (χ2n) is 3.18. The van der Waals surface area contributed by atoms with E-state index in [4.69, 9.17) is 0 Å². The van der Waals surface area contributed by atoms with Crippen LogP contribution in [0.15, 0.2) is 12.7 Å². The minimum atomic E-state index is -0.406. The summed E-state index contributed by atoms with van der Waals surface area (Å²) in [4.78, 5) is 23.9. The predicted molar refractivity (Wildman–Crippen MR) is 53.7 cm³/mol. The number of carbonyl (C=O) groups excluding carboxylic acids is 2. The molecule has 0 aliphatic carbocycles. The van der Waals surface area contributed by atoms with E-state index in [1.165, 1.54) is 18.1 Å². The zero-order valence-corrected chi connectivity index (χ0v) is 8.95. The smallest absolute Gasteiger partial charge is 0.325 e. The molecule has 0 atom stereocenters. The van der Waals surface area contributed by atoms with Crippen molar-refractivity contribution in [3.05, 3.63) is 12.7 Å². The van der Waals surface area contributed by atoms with Crippen LogP contribution in [-0.2, 0) is 14.3 Å². The molecule has 14 heavy (non-hydrogen) atoms. The highest BCUT2D eigenvalue weighted by molar-refractivity contribution is 5.83. The first-order chi connectivity index (χ1) is 6.52. The average molecular weight is 199 g/mol. The van der Waals surface area contributed by atoms with Gasteiger partial charge in [0, 0.05) is 12.5 Å². The lowest BCUT2D eigenvalue weighted by Gasteiger charge is -2.24. The quantitative estimate of drug-likeness (QED) is 0.489. The Labute approximate surface area is 84.5 Å². The number of hydrogen-bond acceptors (Lipinski definition) is 3. The fraction of sp³-hybridized carbons (Fsp3) is 0.600. The summed E-state index contributed by atoms with van der Waals surface area (Å²) in [5, 5.41) is 0. The molecule has 4 heteroatoms. The number of rotatable bonds is 5. The number of carbonyl (C=O) groups is 2. The number of hydrogen-bond donors (Lipinski definition) is 0. The Balaban J connectivity index is 4.35. The highest BCUT2D eigenvalue weighted by Gasteiger charge is 2.18. The van der Waals surface area contributed by atoms with Crippen molar-refractivity contribution in [2.75, 3.05) is 13.7 Å². The van der Waals surface area contributed by atoms with Crippen LogP contribution in [0.1, 0.15) is 20.3 Å². The minimum absolute atomic E-state index is 0.000833. The molecule has 1 amide bonds. The molecule has 0 saturated heterocycles. The van der Waals surface area contributed by atoms with Crippen LogP contribution in [0.5, 0.6) is 0 Å². The molecule has 0 radical (unpaired) electrons. The molecule has 0 N–H and O–H groups in total. The van der Waals surface area contributed by atoms with Crippen LogP contribution < -0.4 is 0 Å². The summed E-state index contributed by atoms with van der Waals surface area (Å²) in [6.07, 6.45) is 1.77. The van der Waals surface area contributed by atoms with Gasteiger partial charge in [0.1, 0.15) is 6.54 Å². The molecule has 0 aromatic carbocycles. The summed E-state index contributed by atoms with van der Waals surface area (Å²) in [6.45, 7) is 7.18. The van der Waals surface area contributed by atoms with Gasteiger partial charge in [-0.3, -0.25) is 9.59 Å². The first-order valence-corrected chi connectivity index (χ1v) is 4.50. The second-order valence-corrected chi connectivity index (χ2v) is 3.18. The zero-order chi connectivity index (χ0) is 11.1. The van der Waals surface area contributed by atoms with Crippen LogP contribution in [0.25, 0.3) is 0 Å². The van der Waals surface area contributed by atoms with Gasteiger partial charge >= 0.3 is 5.97 Å². The first-order valence-electron chi connectivity index (χ1n) is 4.50. The van der Waals surface area contributed by atoms with Crippen LogP contribution in [0.2, 0.25) is 0 Å². The Kier molecular flexibility index (Phi) is 5.60. The number of methoxy groups -OCH3 is 1. The molecule has 0 saturated carbocycles. The third-order valence-electron chi connectivity index (χ3n) is 1.79. The summed E-state index contributed by atoms with van der Waals surface area (Å²) in [6, 6.07) is -0.0125. The third-order valence-corrected chi connectivity index (χ3v) is 1.79. The molecule has 0 unspecified atom stereocenters. The fourth-order valence-electron chi connectivity index (χ4n) is 1.00. The van der Waals surface area contributed by atoms with Crippen molar-refractivity contribution >= 4 is 11.9 Å². The van der Waals surface area contributed by atoms with E-state index >= 15 is 0 Å². The van der Waals surface area contributed by atoms with Crippen molar-refractivity contribution in [2.24, 2.45) is 0 Å². The normalized spacial score (nSPS) is 9.71. The van der Waals surface area contributed by atoms with Gasteiger partial charge in [0.05, 0.1) is 7.11 Å². The molecule has 0 aromatic heterocycles. The Morgan fingerprint density at radius 1 is 1.50 bits per heavy atom. The van der Waals surface area contributed by atoms with Crippen molar-refractivity contribution in [2.45, 2.75) is 26.3 Å². The SMILES string of the molecule is C=CCC(=O)N(CC(=O)OC)C(C)C. The topological polar surface area (TPSA) is 46.6 Å². The van der Waals surface area contributed by atoms with Crippen LogP contribution in [0.3, 0.4) is 0 Å². The van der Waals surface area contributed by atoms with Gasteiger partial charge in [-0.25, -0.2) is 0 Å². The third kappa shape index (κ3) is 4.07. The molecule has 0 aliphatic heterocycles. The summed E-state index contributed by atoms with van der Waals surface area (Å²) < 4.78 is 4.50. The maximum atomic E-state index is 11.5. The van der Waals surface area contributed by atoms with Crippen LogP contribution in [-0.4, -0.2) is 36.5 Å². The van der Waals surface area contributed by atoms with E-state index in [2.05, 4.69) is 11.3 Å². The van der Waals surface area contributed by atoms with E-state index in [0.29, 0.717) is 0 Å². The first kappa shape index (κ1) is 12.7. The molecule has 0 heterocycles. The van der Waals surface area contributed by atoms with Crippen molar-refractivity contribution in [1.29, 1.82) is 0 Å². The molecule has 0 aliphatic rings. The van der Waals surface area contributed by atoms with Gasteiger partial charge in [0.15, 0.2) is 0 Å². The number of amides is 1. The van der Waals surface area contributed by atoms with Gasteiger partial charge in [-0.1, -0.05) is 6.08 Å². The fourth-order valence-corrected chi connectivity index (χ4v) is 1.00. The Hall–Kier alpha value is -1.32. The molecule has 0 aromatic rings. The summed E-state index contributed by atoms with van der Waals surface area (Å²) in [7, 11) is 1.30. The van der Waals surface area contributed by atoms with Crippen molar-refractivity contribution in [3.8, 4) is 0 Å². The summed E-state index contributed by atoms with van der Waals surface area (Å²) in [5.74, 6) is -0.517. The van der Waals surface area contributed by atoms with E-state index in [1.54, 1.807) is 0 Å². The van der Waals surface area contributed by atoms with Crippen LogP contribution in [0.4, 0.5) is 0 Å². The molecule has 4 nitrogen and oxygen atoms in total. The van der Waals surface area contributed by atoms with Gasteiger partial charge in [-0.15, -0.1) is 6.58 Å². The van der Waals surface area contributed by atoms with Crippen molar-refractivity contribution in [1.82, 2.24) is 4.90 Å². The lowest BCUT2D eigenvalue weighted by molar-refractivity contribution is -0.147. The summed E-state index contributed by atoms with van der Waals surface area (Å²) >= 11 is 0. The number of esters is 1. The van der Waals surface area contributed by atoms with Gasteiger partial charge in [0.2, 0.25) is 5.91 Å². The highest BCUT2D eigenvalue weighted by atomic mass is 16.5. The molecule has 0 rings (SSSR count). The number of ether oxygens (including phenoxy) is 1. The van der Waals surface area contributed by atoms with Crippen molar-refractivity contribution < 1.29 is 14.3 Å². The lowest BCUT2D eigenvalue weighted by atomic mass is 10.2. The largest absolute Gasteiger partial charge is 0.468 e. The monoisotopic (exact) mass is 199 g/mol. The molecular weight excluding hydrogens is 182 g/mol. The van der Waals surface area contributed by atoms with E-state index in [1.807, 2.05) is 13.8 Å². The molecule has 0 fully saturated rings. The Morgan fingerprint density at radius 2 is 2.07 bits per heavy atom. The van der Waals surface area contributed by atoms with Crippen LogP contribution >= 0.6 is 0 Å². The van der Waals surface area contributed by atoms with Gasteiger partial charge in [-0.05, 0) is 13.8 Å². The minimum Gasteiger partial charge on any atom is -0.468 e. The molecule has 0 bridgehead atoms. The average Bonchev–Trinajstić information content (AvgIpc) is 2.13. The highest BCUT2D eigenvalue weighted by Crippen LogP contribution is 2.02. The second kappa shape index (κ2) is 6.18. The maximum absolute atomic E-state index is 11.5. The summed E-state index contributed by atoms with van der Waals surface area (Å²) in [5.41, 5.74) is 0. The Bertz CT molecular complexity index is 223. The Morgan fingerprint density at radius 3 is 2.43 bits per heavy atom. The van der Waals surface area contributed by atoms with Gasteiger partial charge in [0.25, 0.3) is 0 Å². The predicted octanol–water partition coefficient (Wildman–Crippen LogP) is 0.972. The van der Waals surface area contributed by atoms with Gasteiger partial charge < -0.3 is 9.64 Å². The lowest BCUT2D eigenvalue weighted by Crippen LogP contribution is -2.40. The molecule has 0 spiro atoms. The maximum Gasteiger partial charge on any atom is 0.325 e. The van der Waals surface area contributed by atoms with Gasteiger partial charge in [-0.2, -0.15) is 0 Å². The zero-order valence-electron chi connectivity index (χ0n) is 8.95.